The Hall–Kier alpha value is -1.08. The van der Waals surface area contributed by atoms with E-state index in [9.17, 15) is 13.2 Å². The number of anilines is 1. The molecule has 0 aliphatic carbocycles. The number of likely N-dealkylation sites (N-methyl/N-ethyl adjacent to an activating group) is 1. The highest BCUT2D eigenvalue weighted by atomic mass is 35.5. The van der Waals surface area contributed by atoms with Crippen LogP contribution >= 0.6 is 11.6 Å². The van der Waals surface area contributed by atoms with E-state index in [0.717, 1.165) is 19.2 Å². The van der Waals surface area contributed by atoms with Crippen molar-refractivity contribution in [1.29, 1.82) is 0 Å². The third kappa shape index (κ3) is 5.13. The maximum Gasteiger partial charge on any atom is 0.433 e. The van der Waals surface area contributed by atoms with Crippen LogP contribution in [0.25, 0.3) is 0 Å². The van der Waals surface area contributed by atoms with Crippen molar-refractivity contribution in [3.8, 4) is 0 Å². The average Bonchev–Trinajstić information content (AvgIpc) is 2.34. The van der Waals surface area contributed by atoms with Gasteiger partial charge in [0.1, 0.15) is 5.82 Å². The Morgan fingerprint density at radius 3 is 2.40 bits per heavy atom. The summed E-state index contributed by atoms with van der Waals surface area (Å²) in [6, 6.07) is 0.812. The van der Waals surface area contributed by atoms with Crippen LogP contribution in [-0.4, -0.2) is 40.5 Å². The fraction of sp³-hybridized carbons (Fsp3) is 0.667. The Balaban J connectivity index is 2.79. The van der Waals surface area contributed by atoms with Crippen molar-refractivity contribution in [2.45, 2.75) is 33.0 Å². The molecule has 1 heterocycles. The lowest BCUT2D eigenvalue weighted by molar-refractivity contribution is -0.141. The van der Waals surface area contributed by atoms with E-state index >= 15 is 0 Å². The summed E-state index contributed by atoms with van der Waals surface area (Å²) in [7, 11) is 0. The largest absolute Gasteiger partial charge is 0.433 e. The van der Waals surface area contributed by atoms with Gasteiger partial charge in [-0.25, -0.2) is 9.97 Å². The predicted molar refractivity (Wildman–Crippen MR) is 72.9 cm³/mol. The summed E-state index contributed by atoms with van der Waals surface area (Å²) < 4.78 is 37.9. The Morgan fingerprint density at radius 1 is 1.30 bits per heavy atom. The summed E-state index contributed by atoms with van der Waals surface area (Å²) >= 11 is 5.53. The lowest BCUT2D eigenvalue weighted by atomic mass is 10.3. The molecule has 0 aliphatic rings. The van der Waals surface area contributed by atoms with E-state index in [1.54, 1.807) is 0 Å². The topological polar surface area (TPSA) is 41.0 Å². The highest BCUT2D eigenvalue weighted by Crippen LogP contribution is 2.29. The van der Waals surface area contributed by atoms with E-state index in [2.05, 4.69) is 20.2 Å². The number of nitrogens with zero attached hydrogens (tertiary/aromatic N) is 3. The number of hydrogen-bond acceptors (Lipinski definition) is 4. The Kier molecular flexibility index (Phi) is 6.01. The molecule has 1 aromatic heterocycles. The van der Waals surface area contributed by atoms with Gasteiger partial charge in [0.15, 0.2) is 5.69 Å². The van der Waals surface area contributed by atoms with Gasteiger partial charge in [-0.2, -0.15) is 13.2 Å². The minimum atomic E-state index is -4.54. The number of nitrogens with one attached hydrogen (secondary N) is 1. The van der Waals surface area contributed by atoms with E-state index < -0.39 is 17.2 Å². The summed E-state index contributed by atoms with van der Waals surface area (Å²) in [4.78, 5) is 9.11. The summed E-state index contributed by atoms with van der Waals surface area (Å²) in [5.74, 6) is 0.0805. The van der Waals surface area contributed by atoms with Gasteiger partial charge in [-0.05, 0) is 31.6 Å². The zero-order chi connectivity index (χ0) is 15.3. The van der Waals surface area contributed by atoms with Crippen LogP contribution in [0, 0.1) is 0 Å². The SMILES string of the molecule is CCN(CC)CC(C)Nc1cc(C(F)(F)F)nc(Cl)n1. The molecule has 0 aliphatic heterocycles. The predicted octanol–water partition coefficient (Wildman–Crippen LogP) is 3.29. The van der Waals surface area contributed by atoms with Crippen LogP contribution in [0.3, 0.4) is 0 Å². The van der Waals surface area contributed by atoms with Gasteiger partial charge >= 0.3 is 6.18 Å². The number of hydrogen-bond donors (Lipinski definition) is 1. The first-order chi connectivity index (χ1) is 9.26. The van der Waals surface area contributed by atoms with Crippen molar-refractivity contribution in [2.75, 3.05) is 25.0 Å². The first kappa shape index (κ1) is 17.0. The summed E-state index contributed by atoms with van der Waals surface area (Å²) in [6.07, 6.45) is -4.54. The van der Waals surface area contributed by atoms with Gasteiger partial charge < -0.3 is 10.2 Å². The second-order valence-electron chi connectivity index (χ2n) is 4.44. The quantitative estimate of drug-likeness (QED) is 0.819. The van der Waals surface area contributed by atoms with Crippen LogP contribution in [0.2, 0.25) is 5.28 Å². The molecule has 1 rings (SSSR count). The molecule has 0 spiro atoms. The zero-order valence-corrected chi connectivity index (χ0v) is 12.4. The fourth-order valence-corrected chi connectivity index (χ4v) is 1.99. The van der Waals surface area contributed by atoms with Crippen molar-refractivity contribution in [3.05, 3.63) is 17.0 Å². The number of halogens is 4. The third-order valence-corrected chi connectivity index (χ3v) is 2.98. The van der Waals surface area contributed by atoms with Gasteiger partial charge in [0.25, 0.3) is 0 Å². The van der Waals surface area contributed by atoms with Crippen molar-refractivity contribution < 1.29 is 13.2 Å². The monoisotopic (exact) mass is 310 g/mol. The molecule has 1 unspecified atom stereocenters. The molecule has 0 saturated heterocycles. The van der Waals surface area contributed by atoms with Crippen LogP contribution in [-0.2, 0) is 6.18 Å². The molecule has 0 amide bonds. The van der Waals surface area contributed by atoms with E-state index in [-0.39, 0.29) is 11.9 Å². The van der Waals surface area contributed by atoms with Crippen molar-refractivity contribution in [1.82, 2.24) is 14.9 Å². The van der Waals surface area contributed by atoms with Crippen molar-refractivity contribution in [3.63, 3.8) is 0 Å². The summed E-state index contributed by atoms with van der Waals surface area (Å²) in [5.41, 5.74) is -1.05. The first-order valence-corrected chi connectivity index (χ1v) is 6.74. The second kappa shape index (κ2) is 7.08. The Labute approximate surface area is 121 Å². The lowest BCUT2D eigenvalue weighted by Crippen LogP contribution is -2.35. The molecule has 4 nitrogen and oxygen atoms in total. The molecule has 8 heteroatoms. The number of aromatic nitrogens is 2. The van der Waals surface area contributed by atoms with Gasteiger partial charge in [0.05, 0.1) is 0 Å². The lowest BCUT2D eigenvalue weighted by Gasteiger charge is -2.23. The van der Waals surface area contributed by atoms with E-state index in [1.165, 1.54) is 0 Å². The fourth-order valence-electron chi connectivity index (χ4n) is 1.80. The summed E-state index contributed by atoms with van der Waals surface area (Å²) in [5, 5.41) is 2.50. The standard InChI is InChI=1S/C12H18ClF3N4/c1-4-20(5-2)7-8(3)17-10-6-9(12(14,15)16)18-11(13)19-10/h6,8H,4-5,7H2,1-3H3,(H,17,18,19). The van der Waals surface area contributed by atoms with E-state index in [0.29, 0.717) is 6.54 Å². The van der Waals surface area contributed by atoms with Gasteiger partial charge in [0.2, 0.25) is 5.28 Å². The van der Waals surface area contributed by atoms with Gasteiger partial charge in [-0.3, -0.25) is 0 Å². The minimum absolute atomic E-state index is 0.0537. The van der Waals surface area contributed by atoms with Crippen molar-refractivity contribution >= 4 is 17.4 Å². The second-order valence-corrected chi connectivity index (χ2v) is 4.77. The Morgan fingerprint density at radius 2 is 1.90 bits per heavy atom. The van der Waals surface area contributed by atoms with Gasteiger partial charge in [-0.15, -0.1) is 0 Å². The number of alkyl halides is 3. The van der Waals surface area contributed by atoms with Crippen molar-refractivity contribution in [2.24, 2.45) is 0 Å². The smallest absolute Gasteiger partial charge is 0.366 e. The van der Waals surface area contributed by atoms with Crippen LogP contribution in [0.4, 0.5) is 19.0 Å². The third-order valence-electron chi connectivity index (χ3n) is 2.81. The molecular weight excluding hydrogens is 293 g/mol. The Bertz CT molecular complexity index is 435. The molecule has 0 bridgehead atoms. The molecule has 0 radical (unpaired) electrons. The molecule has 0 aromatic carbocycles. The molecule has 1 atom stereocenters. The highest BCUT2D eigenvalue weighted by molar-refractivity contribution is 6.28. The van der Waals surface area contributed by atoms with Gasteiger partial charge in [-0.1, -0.05) is 13.8 Å². The van der Waals surface area contributed by atoms with Crippen LogP contribution in [0.1, 0.15) is 26.5 Å². The molecule has 114 valence electrons. The maximum atomic E-state index is 12.6. The van der Waals surface area contributed by atoms with Crippen LogP contribution < -0.4 is 5.32 Å². The van der Waals surface area contributed by atoms with E-state index in [4.69, 9.17) is 11.6 Å². The highest BCUT2D eigenvalue weighted by Gasteiger charge is 2.33. The molecule has 1 N–H and O–H groups in total. The molecule has 1 aromatic rings. The zero-order valence-electron chi connectivity index (χ0n) is 11.6. The molecular formula is C12H18ClF3N4. The van der Waals surface area contributed by atoms with Crippen LogP contribution in [0.15, 0.2) is 6.07 Å². The van der Waals surface area contributed by atoms with Gasteiger partial charge in [0, 0.05) is 18.7 Å². The van der Waals surface area contributed by atoms with E-state index in [1.807, 2.05) is 20.8 Å². The summed E-state index contributed by atoms with van der Waals surface area (Å²) in [6.45, 7) is 8.39. The first-order valence-electron chi connectivity index (χ1n) is 6.36. The molecule has 20 heavy (non-hydrogen) atoms. The minimum Gasteiger partial charge on any atom is -0.366 e. The normalized spacial score (nSPS) is 13.6. The van der Waals surface area contributed by atoms with Crippen LogP contribution in [0.5, 0.6) is 0 Å². The average molecular weight is 311 g/mol. The molecule has 0 saturated carbocycles. The maximum absolute atomic E-state index is 12.6. The number of rotatable bonds is 6. The molecule has 0 fully saturated rings.